The van der Waals surface area contributed by atoms with Crippen molar-refractivity contribution in [1.29, 1.82) is 0 Å². The van der Waals surface area contributed by atoms with Crippen LogP contribution in [0.4, 0.5) is 5.69 Å². The number of aliphatic hydroxyl groups is 1. The number of hydrogen-bond acceptors (Lipinski definition) is 4. The number of carbonyl (C=O) groups excluding carboxylic acids is 1. The van der Waals surface area contributed by atoms with Crippen LogP contribution in [0.25, 0.3) is 0 Å². The van der Waals surface area contributed by atoms with E-state index in [0.717, 1.165) is 24.2 Å². The largest absolute Gasteiger partial charge is 0.383 e. The highest BCUT2D eigenvalue weighted by Gasteiger charge is 2.25. The molecule has 1 aromatic carbocycles. The summed E-state index contributed by atoms with van der Waals surface area (Å²) in [7, 11) is 1.82. The van der Waals surface area contributed by atoms with Gasteiger partial charge in [0.25, 0.3) is 0 Å². The van der Waals surface area contributed by atoms with E-state index >= 15 is 0 Å². The molecule has 0 radical (unpaired) electrons. The predicted molar refractivity (Wildman–Crippen MR) is 134 cm³/mol. The Morgan fingerprint density at radius 2 is 2.10 bits per heavy atom. The van der Waals surface area contributed by atoms with Gasteiger partial charge in [-0.15, -0.1) is 24.0 Å². The molecule has 0 saturated heterocycles. The number of aryl methyl sites for hydroxylation is 1. The van der Waals surface area contributed by atoms with Gasteiger partial charge in [0.05, 0.1) is 12.7 Å². The van der Waals surface area contributed by atoms with Crippen molar-refractivity contribution in [3.05, 3.63) is 47.8 Å². The molecule has 0 bridgehead atoms. The van der Waals surface area contributed by atoms with Gasteiger partial charge in [-0.3, -0.25) is 9.48 Å². The van der Waals surface area contributed by atoms with Gasteiger partial charge < -0.3 is 20.6 Å². The van der Waals surface area contributed by atoms with E-state index in [1.807, 2.05) is 37.1 Å². The number of amides is 1. The first-order chi connectivity index (χ1) is 14.4. The van der Waals surface area contributed by atoms with Crippen LogP contribution >= 0.6 is 24.0 Å². The Hall–Kier alpha value is -2.14. The normalized spacial score (nSPS) is 15.1. The number of halogens is 1. The van der Waals surface area contributed by atoms with Gasteiger partial charge in [-0.05, 0) is 38.3 Å². The molecule has 1 aliphatic heterocycles. The molecule has 0 aliphatic carbocycles. The second-order valence-corrected chi connectivity index (χ2v) is 7.83. The number of benzene rings is 1. The lowest BCUT2D eigenvalue weighted by molar-refractivity contribution is -0.118. The molecule has 1 unspecified atom stereocenters. The summed E-state index contributed by atoms with van der Waals surface area (Å²) in [5, 5.41) is 21.2. The number of aromatic nitrogens is 2. The summed E-state index contributed by atoms with van der Waals surface area (Å²) in [4.78, 5) is 19.0. The zero-order valence-corrected chi connectivity index (χ0v) is 20.8. The van der Waals surface area contributed by atoms with Gasteiger partial charge in [0, 0.05) is 50.6 Å². The molecule has 1 aromatic heterocycles. The molecule has 1 atom stereocenters. The summed E-state index contributed by atoms with van der Waals surface area (Å²) >= 11 is 0. The maximum Gasteiger partial charge on any atom is 0.227 e. The first-order valence-corrected chi connectivity index (χ1v) is 10.5. The molecule has 0 spiro atoms. The molecule has 2 aromatic rings. The van der Waals surface area contributed by atoms with E-state index in [1.165, 1.54) is 5.56 Å². The molecule has 1 aliphatic rings. The quantitative estimate of drug-likeness (QED) is 0.207. The molecule has 3 rings (SSSR count). The summed E-state index contributed by atoms with van der Waals surface area (Å²) < 4.78 is 1.66. The second-order valence-electron chi connectivity index (χ2n) is 7.83. The van der Waals surface area contributed by atoms with Crippen LogP contribution in [-0.4, -0.2) is 52.9 Å². The first kappa shape index (κ1) is 25.1. The summed E-state index contributed by atoms with van der Waals surface area (Å²) in [6.45, 7) is 6.03. The molecule has 3 N–H and O–H groups in total. The molecular weight excluding hydrogens is 507 g/mol. The minimum Gasteiger partial charge on any atom is -0.383 e. The average Bonchev–Trinajstić information content (AvgIpc) is 3.36. The van der Waals surface area contributed by atoms with Gasteiger partial charge in [-0.25, -0.2) is 4.99 Å². The Kier molecular flexibility index (Phi) is 9.30. The SMILES string of the molecule is CCNC(=NCC(C)(O)c1cnn(C)c1)NCCCC(=O)N1CCc2ccccc21.I. The van der Waals surface area contributed by atoms with Crippen LogP contribution in [0.15, 0.2) is 41.7 Å². The maximum atomic E-state index is 12.6. The maximum absolute atomic E-state index is 12.6. The van der Waals surface area contributed by atoms with Crippen LogP contribution in [0.3, 0.4) is 0 Å². The number of anilines is 1. The second kappa shape index (κ2) is 11.5. The Morgan fingerprint density at radius 1 is 1.32 bits per heavy atom. The smallest absolute Gasteiger partial charge is 0.227 e. The summed E-state index contributed by atoms with van der Waals surface area (Å²) in [5.74, 6) is 0.781. The molecule has 170 valence electrons. The first-order valence-electron chi connectivity index (χ1n) is 10.5. The van der Waals surface area contributed by atoms with Crippen molar-refractivity contribution in [2.24, 2.45) is 12.0 Å². The van der Waals surface area contributed by atoms with Gasteiger partial charge in [-0.2, -0.15) is 5.10 Å². The number of nitrogens with zero attached hydrogens (tertiary/aromatic N) is 4. The van der Waals surface area contributed by atoms with Crippen LogP contribution in [0.1, 0.15) is 37.8 Å². The summed E-state index contributed by atoms with van der Waals surface area (Å²) in [6, 6.07) is 8.10. The molecule has 0 saturated carbocycles. The molecule has 1 amide bonds. The van der Waals surface area contributed by atoms with E-state index in [2.05, 4.69) is 26.8 Å². The summed E-state index contributed by atoms with van der Waals surface area (Å²) in [6.07, 6.45) is 5.55. The monoisotopic (exact) mass is 540 g/mol. The number of rotatable bonds is 8. The lowest BCUT2D eigenvalue weighted by atomic mass is 10.0. The Labute approximate surface area is 201 Å². The van der Waals surface area contributed by atoms with Crippen molar-refractivity contribution in [1.82, 2.24) is 20.4 Å². The number of para-hydroxylation sites is 1. The average molecular weight is 540 g/mol. The molecular formula is C22H33IN6O2. The number of carbonyl (C=O) groups is 1. The van der Waals surface area contributed by atoms with Crippen LogP contribution in [0.2, 0.25) is 0 Å². The highest BCUT2D eigenvalue weighted by atomic mass is 127. The minimum atomic E-state index is -1.10. The van der Waals surface area contributed by atoms with Crippen molar-refractivity contribution in [2.75, 3.05) is 31.1 Å². The summed E-state index contributed by atoms with van der Waals surface area (Å²) in [5.41, 5.74) is 1.91. The van der Waals surface area contributed by atoms with Gasteiger partial charge in [0.1, 0.15) is 5.60 Å². The van der Waals surface area contributed by atoms with Crippen molar-refractivity contribution >= 4 is 41.5 Å². The fourth-order valence-corrected chi connectivity index (χ4v) is 3.54. The van der Waals surface area contributed by atoms with Gasteiger partial charge in [0.2, 0.25) is 5.91 Å². The Balaban J connectivity index is 0.00000341. The standard InChI is InChI=1S/C22H32N6O2.HI/c1-4-23-21(25-16-22(2,30)18-14-26-27(3)15-18)24-12-7-10-20(29)28-13-11-17-8-5-6-9-19(17)28;/h5-6,8-9,14-15,30H,4,7,10-13,16H2,1-3H3,(H2,23,24,25);1H. The number of aliphatic imine (C=N–C) groups is 1. The topological polar surface area (TPSA) is 94.8 Å². The van der Waals surface area contributed by atoms with Crippen molar-refractivity contribution in [3.8, 4) is 0 Å². The van der Waals surface area contributed by atoms with E-state index in [-0.39, 0.29) is 36.4 Å². The molecule has 31 heavy (non-hydrogen) atoms. The van der Waals surface area contributed by atoms with Crippen LogP contribution in [0.5, 0.6) is 0 Å². The van der Waals surface area contributed by atoms with Gasteiger partial charge in [0.15, 0.2) is 5.96 Å². The van der Waals surface area contributed by atoms with E-state index in [1.54, 1.807) is 24.0 Å². The van der Waals surface area contributed by atoms with E-state index < -0.39 is 5.60 Å². The molecule has 0 fully saturated rings. The lowest BCUT2D eigenvalue weighted by Crippen LogP contribution is -2.39. The highest BCUT2D eigenvalue weighted by Crippen LogP contribution is 2.28. The third-order valence-electron chi connectivity index (χ3n) is 5.26. The van der Waals surface area contributed by atoms with E-state index in [9.17, 15) is 9.90 Å². The van der Waals surface area contributed by atoms with Gasteiger partial charge in [-0.1, -0.05) is 18.2 Å². The number of fused-ring (bicyclic) bond motifs is 1. The van der Waals surface area contributed by atoms with Crippen LogP contribution < -0.4 is 15.5 Å². The molecule has 2 heterocycles. The molecule has 8 nitrogen and oxygen atoms in total. The van der Waals surface area contributed by atoms with Gasteiger partial charge >= 0.3 is 0 Å². The lowest BCUT2D eigenvalue weighted by Gasteiger charge is -2.21. The predicted octanol–water partition coefficient (Wildman–Crippen LogP) is 2.17. The van der Waals surface area contributed by atoms with Crippen molar-refractivity contribution < 1.29 is 9.90 Å². The number of guanidine groups is 1. The van der Waals surface area contributed by atoms with Crippen LogP contribution in [-0.2, 0) is 23.9 Å². The zero-order valence-electron chi connectivity index (χ0n) is 18.5. The molecule has 9 heteroatoms. The Bertz CT molecular complexity index is 896. The minimum absolute atomic E-state index is 0. The fourth-order valence-electron chi connectivity index (χ4n) is 3.54. The third kappa shape index (κ3) is 6.67. The fraction of sp³-hybridized carbons (Fsp3) is 0.500. The van der Waals surface area contributed by atoms with Crippen molar-refractivity contribution in [3.63, 3.8) is 0 Å². The third-order valence-corrected chi connectivity index (χ3v) is 5.26. The zero-order chi connectivity index (χ0) is 21.6. The number of hydrogen-bond donors (Lipinski definition) is 3. The highest BCUT2D eigenvalue weighted by molar-refractivity contribution is 14.0. The van der Waals surface area contributed by atoms with E-state index in [4.69, 9.17) is 0 Å². The number of nitrogens with one attached hydrogen (secondary N) is 2. The van der Waals surface area contributed by atoms with Crippen molar-refractivity contribution in [2.45, 2.75) is 38.7 Å². The Morgan fingerprint density at radius 3 is 2.81 bits per heavy atom. The van der Waals surface area contributed by atoms with E-state index in [0.29, 0.717) is 31.9 Å². The van der Waals surface area contributed by atoms with Crippen LogP contribution in [0, 0.1) is 0 Å².